The molecule has 6 heteroatoms. The van der Waals surface area contributed by atoms with Crippen LogP contribution in [0.1, 0.15) is 5.76 Å². The van der Waals surface area contributed by atoms with Crippen molar-refractivity contribution in [3.8, 4) is 0 Å². The Morgan fingerprint density at radius 2 is 2.23 bits per heavy atom. The summed E-state index contributed by atoms with van der Waals surface area (Å²) in [6.07, 6.45) is 1.50. The maximum Gasteiger partial charge on any atom is 0.265 e. The van der Waals surface area contributed by atoms with E-state index in [4.69, 9.17) is 49.4 Å². The third-order valence-corrected chi connectivity index (χ3v) is 1.71. The molecule has 1 aromatic rings. The summed E-state index contributed by atoms with van der Waals surface area (Å²) in [7, 11) is 0. The summed E-state index contributed by atoms with van der Waals surface area (Å²) in [5, 5.41) is 7.18. The molecule has 0 fully saturated rings. The number of halogens is 3. The summed E-state index contributed by atoms with van der Waals surface area (Å²) >= 11 is 16.1. The van der Waals surface area contributed by atoms with E-state index in [1.54, 1.807) is 12.1 Å². The lowest BCUT2D eigenvalue weighted by molar-refractivity contribution is 0.251. The van der Waals surface area contributed by atoms with Crippen molar-refractivity contribution >= 4 is 40.7 Å². The van der Waals surface area contributed by atoms with Gasteiger partial charge in [-0.1, -0.05) is 34.8 Å². The van der Waals surface area contributed by atoms with Crippen LogP contribution in [0.2, 0.25) is 0 Å². The highest BCUT2D eigenvalue weighted by molar-refractivity contribution is 6.75. The summed E-state index contributed by atoms with van der Waals surface area (Å²) in [6.45, 7) is 0.0831. The van der Waals surface area contributed by atoms with Crippen molar-refractivity contribution in [2.75, 3.05) is 0 Å². The molecule has 1 N–H and O–H groups in total. The maximum atomic E-state index is 7.18. The quantitative estimate of drug-likeness (QED) is 0.492. The standard InChI is InChI=1S/C7H6Cl3NO2/c8-7(9,10)6(11)13-4-5-2-1-3-12-5/h1-3,11H,4H2. The lowest BCUT2D eigenvalue weighted by Crippen LogP contribution is -2.20. The Labute approximate surface area is 90.0 Å². The normalized spacial score (nSPS) is 11.3. The molecule has 0 aliphatic heterocycles. The Kier molecular flexibility index (Phi) is 3.47. The van der Waals surface area contributed by atoms with Crippen LogP contribution in [0.15, 0.2) is 22.8 Å². The Hall–Kier alpha value is -0.380. The molecule has 0 amide bonds. The number of hydrogen-bond donors (Lipinski definition) is 1. The van der Waals surface area contributed by atoms with Crippen LogP contribution in [0.5, 0.6) is 0 Å². The van der Waals surface area contributed by atoms with Gasteiger partial charge in [0.05, 0.1) is 6.26 Å². The van der Waals surface area contributed by atoms with Gasteiger partial charge in [-0.3, -0.25) is 5.41 Å². The summed E-state index contributed by atoms with van der Waals surface area (Å²) in [5.41, 5.74) is 0. The third kappa shape index (κ3) is 3.46. The second-order valence-corrected chi connectivity index (χ2v) is 4.48. The first-order valence-electron chi connectivity index (χ1n) is 3.31. The number of alkyl halides is 3. The fourth-order valence-electron chi connectivity index (χ4n) is 0.620. The fourth-order valence-corrected chi connectivity index (χ4v) is 0.783. The largest absolute Gasteiger partial charge is 0.470 e. The molecule has 0 radical (unpaired) electrons. The Balaban J connectivity index is 2.40. The predicted octanol–water partition coefficient (Wildman–Crippen LogP) is 3.14. The highest BCUT2D eigenvalue weighted by atomic mass is 35.6. The lowest BCUT2D eigenvalue weighted by atomic mass is 10.5. The van der Waals surface area contributed by atoms with Gasteiger partial charge in [-0.25, -0.2) is 0 Å². The maximum absolute atomic E-state index is 7.18. The molecular weight excluding hydrogens is 236 g/mol. The van der Waals surface area contributed by atoms with Crippen LogP contribution < -0.4 is 0 Å². The molecule has 0 bridgehead atoms. The second-order valence-electron chi connectivity index (χ2n) is 2.19. The van der Waals surface area contributed by atoms with E-state index in [0.717, 1.165) is 0 Å². The highest BCUT2D eigenvalue weighted by Crippen LogP contribution is 2.28. The highest BCUT2D eigenvalue weighted by Gasteiger charge is 2.28. The monoisotopic (exact) mass is 241 g/mol. The molecule has 0 saturated carbocycles. The number of furan rings is 1. The molecule has 13 heavy (non-hydrogen) atoms. The average Bonchev–Trinajstić information content (AvgIpc) is 2.50. The molecule has 0 unspecified atom stereocenters. The molecule has 1 rings (SSSR count). The molecular formula is C7H6Cl3NO2. The summed E-state index contributed by atoms with van der Waals surface area (Å²) in [5.74, 6) is 0.146. The number of rotatable bonds is 2. The van der Waals surface area contributed by atoms with Gasteiger partial charge in [0.1, 0.15) is 12.4 Å². The van der Waals surface area contributed by atoms with Crippen molar-refractivity contribution in [1.82, 2.24) is 0 Å². The summed E-state index contributed by atoms with van der Waals surface area (Å²) < 4.78 is 7.98. The minimum atomic E-state index is -1.81. The van der Waals surface area contributed by atoms with Gasteiger partial charge in [0.25, 0.3) is 3.79 Å². The Bertz CT molecular complexity index is 278. The van der Waals surface area contributed by atoms with Crippen LogP contribution in [0.25, 0.3) is 0 Å². The van der Waals surface area contributed by atoms with Crippen LogP contribution >= 0.6 is 34.8 Å². The van der Waals surface area contributed by atoms with E-state index in [2.05, 4.69) is 0 Å². The van der Waals surface area contributed by atoms with Crippen LogP contribution in [0.4, 0.5) is 0 Å². The van der Waals surface area contributed by atoms with Crippen molar-refractivity contribution in [2.24, 2.45) is 0 Å². The van der Waals surface area contributed by atoms with Crippen molar-refractivity contribution in [2.45, 2.75) is 10.4 Å². The topological polar surface area (TPSA) is 46.2 Å². The van der Waals surface area contributed by atoms with Crippen LogP contribution in [-0.2, 0) is 11.3 Å². The van der Waals surface area contributed by atoms with E-state index in [9.17, 15) is 0 Å². The minimum absolute atomic E-state index is 0.0831. The van der Waals surface area contributed by atoms with E-state index in [1.165, 1.54) is 6.26 Å². The summed E-state index contributed by atoms with van der Waals surface area (Å²) in [4.78, 5) is 0. The molecule has 0 spiro atoms. The number of ether oxygens (including phenoxy) is 1. The molecule has 1 aromatic heterocycles. The average molecular weight is 242 g/mol. The van der Waals surface area contributed by atoms with Gasteiger partial charge in [0.2, 0.25) is 5.90 Å². The van der Waals surface area contributed by atoms with Crippen molar-refractivity contribution in [3.05, 3.63) is 24.2 Å². The van der Waals surface area contributed by atoms with Gasteiger partial charge in [-0.15, -0.1) is 0 Å². The first-order chi connectivity index (χ1) is 6.00. The smallest absolute Gasteiger partial charge is 0.265 e. The first-order valence-corrected chi connectivity index (χ1v) is 4.44. The van der Waals surface area contributed by atoms with Gasteiger partial charge < -0.3 is 9.15 Å². The first kappa shape index (κ1) is 10.7. The number of hydrogen-bond acceptors (Lipinski definition) is 3. The van der Waals surface area contributed by atoms with Gasteiger partial charge in [0.15, 0.2) is 0 Å². The molecule has 72 valence electrons. The molecule has 1 heterocycles. The zero-order valence-electron chi connectivity index (χ0n) is 6.39. The second kappa shape index (κ2) is 4.22. The van der Waals surface area contributed by atoms with E-state index in [-0.39, 0.29) is 6.61 Å². The fraction of sp³-hybridized carbons (Fsp3) is 0.286. The number of nitrogens with one attached hydrogen (secondary N) is 1. The molecule has 0 atom stereocenters. The zero-order valence-corrected chi connectivity index (χ0v) is 8.66. The van der Waals surface area contributed by atoms with Gasteiger partial charge in [0, 0.05) is 0 Å². The van der Waals surface area contributed by atoms with E-state index in [1.807, 2.05) is 0 Å². The molecule has 3 nitrogen and oxygen atoms in total. The molecule has 0 aromatic carbocycles. The van der Waals surface area contributed by atoms with Gasteiger partial charge in [-0.2, -0.15) is 0 Å². The van der Waals surface area contributed by atoms with E-state index in [0.29, 0.717) is 5.76 Å². The van der Waals surface area contributed by atoms with Crippen molar-refractivity contribution in [3.63, 3.8) is 0 Å². The lowest BCUT2D eigenvalue weighted by Gasteiger charge is -2.12. The third-order valence-electron chi connectivity index (χ3n) is 1.20. The van der Waals surface area contributed by atoms with Crippen LogP contribution in [0, 0.1) is 5.41 Å². The molecule has 0 aliphatic carbocycles. The van der Waals surface area contributed by atoms with Gasteiger partial charge >= 0.3 is 0 Å². The SMILES string of the molecule is N=C(OCc1ccco1)C(Cl)(Cl)Cl. The zero-order chi connectivity index (χ0) is 9.90. The molecule has 0 saturated heterocycles. The van der Waals surface area contributed by atoms with Crippen molar-refractivity contribution in [1.29, 1.82) is 5.41 Å². The predicted molar refractivity (Wildman–Crippen MR) is 51.5 cm³/mol. The van der Waals surface area contributed by atoms with E-state index >= 15 is 0 Å². The van der Waals surface area contributed by atoms with Crippen LogP contribution in [-0.4, -0.2) is 9.69 Å². The Morgan fingerprint density at radius 1 is 1.54 bits per heavy atom. The summed E-state index contributed by atoms with van der Waals surface area (Å²) in [6, 6.07) is 3.41. The Morgan fingerprint density at radius 3 is 2.69 bits per heavy atom. The van der Waals surface area contributed by atoms with E-state index < -0.39 is 9.69 Å². The minimum Gasteiger partial charge on any atom is -0.470 e. The van der Waals surface area contributed by atoms with Gasteiger partial charge in [-0.05, 0) is 12.1 Å². The molecule has 0 aliphatic rings. The van der Waals surface area contributed by atoms with Crippen molar-refractivity contribution < 1.29 is 9.15 Å². The van der Waals surface area contributed by atoms with Crippen LogP contribution in [0.3, 0.4) is 0 Å².